The van der Waals surface area contributed by atoms with Crippen LogP contribution >= 0.6 is 0 Å². The Kier molecular flexibility index (Phi) is 8.10. The number of carboxylic acids is 1. The van der Waals surface area contributed by atoms with Gasteiger partial charge in [-0.1, -0.05) is 55.5 Å². The van der Waals surface area contributed by atoms with E-state index in [2.05, 4.69) is 25.6 Å². The van der Waals surface area contributed by atoms with Gasteiger partial charge in [-0.25, -0.2) is 4.98 Å². The molecule has 0 radical (unpaired) electrons. The molecule has 0 fully saturated rings. The number of pyridine rings is 1. The maximum Gasteiger partial charge on any atom is 1.00 e. The summed E-state index contributed by atoms with van der Waals surface area (Å²) in [6.45, 7) is 3.27. The topological polar surface area (TPSA) is 111 Å². The van der Waals surface area contributed by atoms with Gasteiger partial charge in [0.2, 0.25) is 5.82 Å². The van der Waals surface area contributed by atoms with Crippen LogP contribution in [-0.2, 0) is 6.54 Å². The molecule has 9 heteroatoms. The smallest absolute Gasteiger partial charge is 0.545 e. The van der Waals surface area contributed by atoms with Crippen molar-refractivity contribution in [3.8, 4) is 22.5 Å². The van der Waals surface area contributed by atoms with Crippen molar-refractivity contribution in [2.24, 2.45) is 0 Å². The SMILES string of the molecule is CCCN(Cc1ccc(-c2ccccc2-c2nn[nH]n2)cc1)c1ncccc1C(=O)[O-].[Na+]. The summed E-state index contributed by atoms with van der Waals surface area (Å²) in [6.07, 6.45) is 2.46. The summed E-state index contributed by atoms with van der Waals surface area (Å²) in [5, 5.41) is 25.8. The van der Waals surface area contributed by atoms with Crippen molar-refractivity contribution < 1.29 is 39.5 Å². The van der Waals surface area contributed by atoms with Crippen LogP contribution in [-0.4, -0.2) is 38.1 Å². The molecule has 0 bridgehead atoms. The third-order valence-corrected chi connectivity index (χ3v) is 4.95. The van der Waals surface area contributed by atoms with E-state index in [0.29, 0.717) is 24.7 Å². The number of carbonyl (C=O) groups excluding carboxylic acids is 1. The summed E-state index contributed by atoms with van der Waals surface area (Å²) in [5.41, 5.74) is 4.07. The van der Waals surface area contributed by atoms with Crippen LogP contribution in [0.15, 0.2) is 66.9 Å². The van der Waals surface area contributed by atoms with Crippen LogP contribution in [0.5, 0.6) is 0 Å². The Hall–Kier alpha value is -3.07. The van der Waals surface area contributed by atoms with E-state index in [4.69, 9.17) is 0 Å². The first-order chi connectivity index (χ1) is 15.2. The van der Waals surface area contributed by atoms with Crippen LogP contribution in [0, 0.1) is 0 Å². The van der Waals surface area contributed by atoms with Crippen molar-refractivity contribution >= 4 is 11.8 Å². The van der Waals surface area contributed by atoms with Gasteiger partial charge in [-0.05, 0) is 40.5 Å². The fourth-order valence-corrected chi connectivity index (χ4v) is 3.55. The molecule has 0 aliphatic carbocycles. The zero-order valence-electron chi connectivity index (χ0n) is 18.0. The minimum Gasteiger partial charge on any atom is -0.545 e. The third kappa shape index (κ3) is 5.21. The summed E-state index contributed by atoms with van der Waals surface area (Å²) in [4.78, 5) is 17.8. The van der Waals surface area contributed by atoms with Crippen LogP contribution in [0.3, 0.4) is 0 Å². The fourth-order valence-electron chi connectivity index (χ4n) is 3.55. The number of rotatable bonds is 8. The van der Waals surface area contributed by atoms with Crippen molar-refractivity contribution in [1.29, 1.82) is 0 Å². The molecule has 1 N–H and O–H groups in total. The predicted octanol–water partition coefficient (Wildman–Crippen LogP) is -0.287. The summed E-state index contributed by atoms with van der Waals surface area (Å²) in [6, 6.07) is 19.2. The van der Waals surface area contributed by atoms with E-state index in [1.165, 1.54) is 6.07 Å². The zero-order chi connectivity index (χ0) is 21.6. The first-order valence-electron chi connectivity index (χ1n) is 10.0. The molecule has 0 unspecified atom stereocenters. The molecule has 0 amide bonds. The van der Waals surface area contributed by atoms with E-state index >= 15 is 0 Å². The van der Waals surface area contributed by atoms with Gasteiger partial charge >= 0.3 is 29.6 Å². The van der Waals surface area contributed by atoms with Crippen molar-refractivity contribution in [2.75, 3.05) is 11.4 Å². The van der Waals surface area contributed by atoms with Gasteiger partial charge in [-0.3, -0.25) is 0 Å². The Balaban J connectivity index is 0.00000289. The first-order valence-corrected chi connectivity index (χ1v) is 10.0. The standard InChI is InChI=1S/C23H22N6O2.Na/c1-2-14-29(22-20(23(30)31)8-5-13-24-22)15-16-9-11-17(12-10-16)18-6-3-4-7-19(18)21-25-27-28-26-21;/h3-13H,2,14-15H2,1H3,(H,30,31)(H,25,26,27,28);/q;+1/p-1. The quantitative estimate of drug-likeness (QED) is 0.378. The predicted molar refractivity (Wildman–Crippen MR) is 115 cm³/mol. The Labute approximate surface area is 208 Å². The number of H-pyrrole nitrogens is 1. The van der Waals surface area contributed by atoms with Crippen molar-refractivity contribution in [3.05, 3.63) is 78.0 Å². The number of aromatic amines is 1. The molecule has 2 aromatic heterocycles. The fraction of sp³-hybridized carbons (Fsp3) is 0.174. The number of carboxylic acid groups (broad SMARTS) is 1. The molecule has 0 saturated carbocycles. The Bertz CT molecular complexity index is 1170. The second kappa shape index (κ2) is 11.0. The van der Waals surface area contributed by atoms with Crippen LogP contribution < -0.4 is 39.6 Å². The molecule has 4 aromatic rings. The molecule has 2 aromatic carbocycles. The average Bonchev–Trinajstić information content (AvgIpc) is 3.34. The second-order valence-electron chi connectivity index (χ2n) is 7.06. The van der Waals surface area contributed by atoms with E-state index in [1.54, 1.807) is 12.3 Å². The Morgan fingerprint density at radius 2 is 1.78 bits per heavy atom. The first kappa shape index (κ1) is 23.6. The number of tetrazole rings is 1. The van der Waals surface area contributed by atoms with Gasteiger partial charge < -0.3 is 14.8 Å². The number of hydrogen-bond acceptors (Lipinski definition) is 7. The molecule has 0 spiro atoms. The molecular weight excluding hydrogens is 415 g/mol. The number of aromatic nitrogens is 5. The summed E-state index contributed by atoms with van der Waals surface area (Å²) in [7, 11) is 0. The number of anilines is 1. The van der Waals surface area contributed by atoms with Gasteiger partial charge in [0.1, 0.15) is 5.82 Å². The number of nitrogens with zero attached hydrogens (tertiary/aromatic N) is 5. The number of aromatic carboxylic acids is 1. The third-order valence-electron chi connectivity index (χ3n) is 4.95. The monoisotopic (exact) mass is 436 g/mol. The largest absolute Gasteiger partial charge is 1.00 e. The van der Waals surface area contributed by atoms with Crippen molar-refractivity contribution in [2.45, 2.75) is 19.9 Å². The Morgan fingerprint density at radius 1 is 1.03 bits per heavy atom. The van der Waals surface area contributed by atoms with Crippen LogP contribution in [0.25, 0.3) is 22.5 Å². The van der Waals surface area contributed by atoms with E-state index in [9.17, 15) is 9.90 Å². The molecule has 0 aliphatic rings. The van der Waals surface area contributed by atoms with Gasteiger partial charge in [0.05, 0.1) is 5.97 Å². The second-order valence-corrected chi connectivity index (χ2v) is 7.06. The average molecular weight is 436 g/mol. The maximum atomic E-state index is 11.5. The van der Waals surface area contributed by atoms with E-state index < -0.39 is 5.97 Å². The van der Waals surface area contributed by atoms with Crippen molar-refractivity contribution in [1.82, 2.24) is 25.6 Å². The number of hydrogen-bond donors (Lipinski definition) is 1. The molecule has 4 rings (SSSR count). The Morgan fingerprint density at radius 3 is 2.44 bits per heavy atom. The zero-order valence-corrected chi connectivity index (χ0v) is 20.0. The normalized spacial score (nSPS) is 10.4. The van der Waals surface area contributed by atoms with Gasteiger partial charge in [0.25, 0.3) is 0 Å². The van der Waals surface area contributed by atoms with Crippen LogP contribution in [0.2, 0.25) is 0 Å². The summed E-state index contributed by atoms with van der Waals surface area (Å²) < 4.78 is 0. The van der Waals surface area contributed by atoms with Crippen molar-refractivity contribution in [3.63, 3.8) is 0 Å². The summed E-state index contributed by atoms with van der Waals surface area (Å²) >= 11 is 0. The van der Waals surface area contributed by atoms with E-state index in [-0.39, 0.29) is 35.1 Å². The van der Waals surface area contributed by atoms with E-state index in [1.807, 2.05) is 60.4 Å². The maximum absolute atomic E-state index is 11.5. The molecule has 8 nitrogen and oxygen atoms in total. The van der Waals surface area contributed by atoms with Crippen LogP contribution in [0.4, 0.5) is 5.82 Å². The molecule has 0 aliphatic heterocycles. The number of carbonyl (C=O) groups is 1. The van der Waals surface area contributed by atoms with Crippen LogP contribution in [0.1, 0.15) is 29.3 Å². The van der Waals surface area contributed by atoms with E-state index in [0.717, 1.165) is 28.7 Å². The van der Waals surface area contributed by atoms with Gasteiger partial charge in [0.15, 0.2) is 0 Å². The van der Waals surface area contributed by atoms with Gasteiger partial charge in [-0.15, -0.1) is 10.2 Å². The molecule has 0 atom stereocenters. The van der Waals surface area contributed by atoms with Gasteiger partial charge in [0, 0.05) is 30.4 Å². The minimum atomic E-state index is -1.22. The molecule has 156 valence electrons. The number of nitrogens with one attached hydrogen (secondary N) is 1. The molecule has 32 heavy (non-hydrogen) atoms. The molecule has 2 heterocycles. The molecular formula is C23H21N6NaO2. The summed E-state index contributed by atoms with van der Waals surface area (Å²) in [5.74, 6) is -0.257. The number of benzene rings is 2. The minimum absolute atomic E-state index is 0. The molecule has 0 saturated heterocycles. The van der Waals surface area contributed by atoms with Gasteiger partial charge in [-0.2, -0.15) is 5.21 Å².